The summed E-state index contributed by atoms with van der Waals surface area (Å²) in [4.78, 5) is 2.68. The first-order valence-corrected chi connectivity index (χ1v) is 7.78. The van der Waals surface area contributed by atoms with E-state index < -0.39 is 0 Å². The third-order valence-corrected chi connectivity index (χ3v) is 5.14. The number of hydrogen-bond donors (Lipinski definition) is 1. The third kappa shape index (κ3) is 2.85. The van der Waals surface area contributed by atoms with Gasteiger partial charge in [0.25, 0.3) is 0 Å². The van der Waals surface area contributed by atoms with Crippen LogP contribution in [0.4, 0.5) is 0 Å². The summed E-state index contributed by atoms with van der Waals surface area (Å²) in [5.74, 6) is 0. The molecule has 0 saturated heterocycles. The molecule has 1 N–H and O–H groups in total. The van der Waals surface area contributed by atoms with Gasteiger partial charge in [0, 0.05) is 14.2 Å². The normalized spacial score (nSPS) is 12.7. The molecule has 2 aromatic rings. The summed E-state index contributed by atoms with van der Waals surface area (Å²) in [7, 11) is 2.01. The Kier molecular flexibility index (Phi) is 4.60. The Hall–Kier alpha value is -0.640. The fourth-order valence-electron chi connectivity index (χ4n) is 2.09. The quantitative estimate of drug-likeness (QED) is 0.860. The van der Waals surface area contributed by atoms with Crippen LogP contribution in [0.5, 0.6) is 0 Å². The van der Waals surface area contributed by atoms with Gasteiger partial charge in [-0.2, -0.15) is 0 Å². The molecule has 2 rings (SSSR count). The predicted molar refractivity (Wildman–Crippen MR) is 83.5 cm³/mol. The van der Waals surface area contributed by atoms with Crippen LogP contribution in [0.1, 0.15) is 33.8 Å². The highest BCUT2D eigenvalue weighted by atomic mass is 79.9. The number of benzene rings is 1. The van der Waals surface area contributed by atoms with Gasteiger partial charge in [-0.15, -0.1) is 11.3 Å². The van der Waals surface area contributed by atoms with Crippen LogP contribution in [-0.2, 0) is 6.42 Å². The zero-order valence-electron chi connectivity index (χ0n) is 11.0. The van der Waals surface area contributed by atoms with Crippen molar-refractivity contribution in [3.05, 3.63) is 55.7 Å². The van der Waals surface area contributed by atoms with Crippen LogP contribution in [0.25, 0.3) is 0 Å². The molecule has 1 atom stereocenters. The lowest BCUT2D eigenvalue weighted by Gasteiger charge is -2.16. The van der Waals surface area contributed by atoms with Crippen molar-refractivity contribution in [1.29, 1.82) is 0 Å². The second kappa shape index (κ2) is 6.00. The van der Waals surface area contributed by atoms with Gasteiger partial charge in [-0.05, 0) is 53.5 Å². The number of thiophene rings is 1. The van der Waals surface area contributed by atoms with Crippen molar-refractivity contribution in [2.75, 3.05) is 7.05 Å². The maximum absolute atomic E-state index is 3.65. The SMILES string of the molecule is CCc1ccc(C(NC)c2sc(C)cc2Br)cc1. The lowest BCUT2D eigenvalue weighted by Crippen LogP contribution is -2.16. The van der Waals surface area contributed by atoms with Gasteiger partial charge in [-0.1, -0.05) is 31.2 Å². The second-order valence-corrected chi connectivity index (χ2v) is 6.53. The van der Waals surface area contributed by atoms with Crippen LogP contribution in [0.15, 0.2) is 34.8 Å². The standard InChI is InChI=1S/C15H18BrNS/c1-4-11-5-7-12(8-6-11)14(17-3)15-13(16)9-10(2)18-15/h5-9,14,17H,4H2,1-3H3. The molecule has 0 aliphatic rings. The second-order valence-electron chi connectivity index (χ2n) is 4.39. The highest BCUT2D eigenvalue weighted by Crippen LogP contribution is 2.35. The number of nitrogens with one attached hydrogen (secondary N) is 1. The van der Waals surface area contributed by atoms with Gasteiger partial charge in [0.1, 0.15) is 0 Å². The Labute approximate surface area is 121 Å². The van der Waals surface area contributed by atoms with Crippen LogP contribution in [0, 0.1) is 6.92 Å². The largest absolute Gasteiger partial charge is 0.309 e. The van der Waals surface area contributed by atoms with Crippen molar-refractivity contribution in [1.82, 2.24) is 5.32 Å². The molecule has 18 heavy (non-hydrogen) atoms. The summed E-state index contributed by atoms with van der Waals surface area (Å²) in [6.45, 7) is 4.33. The summed E-state index contributed by atoms with van der Waals surface area (Å²) < 4.78 is 1.20. The lowest BCUT2D eigenvalue weighted by atomic mass is 10.0. The fraction of sp³-hybridized carbons (Fsp3) is 0.333. The van der Waals surface area contributed by atoms with Crippen molar-refractivity contribution in [3.8, 4) is 0 Å². The molecular formula is C15H18BrNS. The molecule has 0 aliphatic heterocycles. The fourth-order valence-corrected chi connectivity index (χ4v) is 4.11. The summed E-state index contributed by atoms with van der Waals surface area (Å²) in [6.07, 6.45) is 1.09. The van der Waals surface area contributed by atoms with E-state index in [1.165, 1.54) is 25.4 Å². The maximum Gasteiger partial charge on any atom is 0.0680 e. The van der Waals surface area contributed by atoms with E-state index in [-0.39, 0.29) is 6.04 Å². The Morgan fingerprint density at radius 1 is 1.28 bits per heavy atom. The van der Waals surface area contributed by atoms with Crippen LogP contribution in [-0.4, -0.2) is 7.05 Å². The minimum Gasteiger partial charge on any atom is -0.309 e. The molecule has 1 unspecified atom stereocenters. The van der Waals surface area contributed by atoms with Crippen molar-refractivity contribution in [2.45, 2.75) is 26.3 Å². The molecule has 3 heteroatoms. The van der Waals surface area contributed by atoms with E-state index in [1.54, 1.807) is 0 Å². The Balaban J connectivity index is 2.35. The Morgan fingerprint density at radius 3 is 2.39 bits per heavy atom. The Bertz CT molecular complexity index is 516. The monoisotopic (exact) mass is 323 g/mol. The number of aryl methyl sites for hydroxylation is 2. The van der Waals surface area contributed by atoms with E-state index in [4.69, 9.17) is 0 Å². The van der Waals surface area contributed by atoms with Gasteiger partial charge >= 0.3 is 0 Å². The van der Waals surface area contributed by atoms with Crippen LogP contribution < -0.4 is 5.32 Å². The Morgan fingerprint density at radius 2 is 1.94 bits per heavy atom. The van der Waals surface area contributed by atoms with Crippen molar-refractivity contribution in [2.24, 2.45) is 0 Å². The zero-order chi connectivity index (χ0) is 13.1. The first-order chi connectivity index (χ1) is 8.65. The topological polar surface area (TPSA) is 12.0 Å². The molecule has 1 heterocycles. The van der Waals surface area contributed by atoms with Gasteiger partial charge in [-0.3, -0.25) is 0 Å². The van der Waals surface area contributed by atoms with Gasteiger partial charge in [0.2, 0.25) is 0 Å². The molecule has 0 amide bonds. The van der Waals surface area contributed by atoms with E-state index in [1.807, 2.05) is 18.4 Å². The van der Waals surface area contributed by atoms with E-state index in [0.29, 0.717) is 0 Å². The van der Waals surface area contributed by atoms with E-state index in [0.717, 1.165) is 6.42 Å². The van der Waals surface area contributed by atoms with Gasteiger partial charge in [0.05, 0.1) is 6.04 Å². The molecule has 96 valence electrons. The molecule has 1 aromatic heterocycles. The number of halogens is 1. The number of rotatable bonds is 4. The molecule has 0 radical (unpaired) electrons. The summed E-state index contributed by atoms with van der Waals surface area (Å²) in [6, 6.07) is 11.3. The molecule has 1 nitrogen and oxygen atoms in total. The van der Waals surface area contributed by atoms with E-state index >= 15 is 0 Å². The first kappa shape index (κ1) is 13.8. The molecule has 0 aliphatic carbocycles. The number of hydrogen-bond acceptors (Lipinski definition) is 2. The van der Waals surface area contributed by atoms with Crippen molar-refractivity contribution >= 4 is 27.3 Å². The summed E-state index contributed by atoms with van der Waals surface area (Å²) in [5.41, 5.74) is 2.70. The van der Waals surface area contributed by atoms with Crippen LogP contribution in [0.3, 0.4) is 0 Å². The van der Waals surface area contributed by atoms with Crippen molar-refractivity contribution < 1.29 is 0 Å². The average molecular weight is 324 g/mol. The van der Waals surface area contributed by atoms with Gasteiger partial charge in [-0.25, -0.2) is 0 Å². The van der Waals surface area contributed by atoms with Crippen LogP contribution in [0.2, 0.25) is 0 Å². The smallest absolute Gasteiger partial charge is 0.0680 e. The predicted octanol–water partition coefficient (Wildman–Crippen LogP) is 4.69. The molecule has 0 spiro atoms. The molecule has 0 saturated carbocycles. The first-order valence-electron chi connectivity index (χ1n) is 6.17. The maximum atomic E-state index is 3.65. The summed E-state index contributed by atoms with van der Waals surface area (Å²) >= 11 is 5.50. The van der Waals surface area contributed by atoms with E-state index in [9.17, 15) is 0 Å². The molecular weight excluding hydrogens is 306 g/mol. The third-order valence-electron chi connectivity index (χ3n) is 3.11. The van der Waals surface area contributed by atoms with Crippen LogP contribution >= 0.6 is 27.3 Å². The van der Waals surface area contributed by atoms with E-state index in [2.05, 4.69) is 65.4 Å². The zero-order valence-corrected chi connectivity index (χ0v) is 13.4. The van der Waals surface area contributed by atoms with Gasteiger partial charge in [0.15, 0.2) is 0 Å². The lowest BCUT2D eigenvalue weighted by molar-refractivity contribution is 0.701. The highest BCUT2D eigenvalue weighted by molar-refractivity contribution is 9.10. The average Bonchev–Trinajstić information content (AvgIpc) is 2.70. The minimum absolute atomic E-state index is 0.268. The molecule has 0 fully saturated rings. The van der Waals surface area contributed by atoms with Crippen molar-refractivity contribution in [3.63, 3.8) is 0 Å². The van der Waals surface area contributed by atoms with Gasteiger partial charge < -0.3 is 5.32 Å². The molecule has 1 aromatic carbocycles. The minimum atomic E-state index is 0.268. The summed E-state index contributed by atoms with van der Waals surface area (Å²) in [5, 5.41) is 3.41. The highest BCUT2D eigenvalue weighted by Gasteiger charge is 2.17. The molecule has 0 bridgehead atoms.